The molecule has 0 saturated carbocycles. The van der Waals surface area contributed by atoms with E-state index >= 15 is 0 Å². The van der Waals surface area contributed by atoms with Crippen LogP contribution in [0.15, 0.2) is 40.9 Å². The monoisotopic (exact) mass is 323 g/mol. The van der Waals surface area contributed by atoms with Gasteiger partial charge in [-0.3, -0.25) is 10.2 Å². The molecule has 0 unspecified atom stereocenters. The first-order valence-corrected chi connectivity index (χ1v) is 7.49. The molecule has 1 heterocycles. The number of halogens is 1. The number of aryl methyl sites for hydroxylation is 1. The molecular formula is C14H14ClN3O2S. The summed E-state index contributed by atoms with van der Waals surface area (Å²) in [6.45, 7) is 2.05. The van der Waals surface area contributed by atoms with Gasteiger partial charge < -0.3 is 5.73 Å². The lowest BCUT2D eigenvalue weighted by molar-refractivity contribution is 0.166. The van der Waals surface area contributed by atoms with Crippen molar-refractivity contribution in [2.45, 2.75) is 13.3 Å². The summed E-state index contributed by atoms with van der Waals surface area (Å²) in [5, 5.41) is 8.59. The highest BCUT2D eigenvalue weighted by Crippen LogP contribution is 2.15. The SMILES string of the molecule is CCc1cc(/C(N)=N\OC(=O)Nc2ccc(Cl)cc2)cs1. The lowest BCUT2D eigenvalue weighted by Crippen LogP contribution is -2.17. The van der Waals surface area contributed by atoms with Gasteiger partial charge in [0.2, 0.25) is 0 Å². The molecule has 0 aliphatic rings. The molecule has 0 fully saturated rings. The molecule has 0 saturated heterocycles. The Labute approximate surface area is 131 Å². The number of nitrogens with two attached hydrogens (primary N) is 1. The lowest BCUT2D eigenvalue weighted by atomic mass is 10.3. The molecule has 7 heteroatoms. The molecule has 1 amide bonds. The molecule has 0 bridgehead atoms. The van der Waals surface area contributed by atoms with Gasteiger partial charge in [-0.15, -0.1) is 11.3 Å². The zero-order chi connectivity index (χ0) is 15.2. The van der Waals surface area contributed by atoms with E-state index in [9.17, 15) is 4.79 Å². The van der Waals surface area contributed by atoms with Crippen LogP contribution >= 0.6 is 22.9 Å². The van der Waals surface area contributed by atoms with Crippen LogP contribution < -0.4 is 11.1 Å². The average molecular weight is 324 g/mol. The van der Waals surface area contributed by atoms with Gasteiger partial charge in [-0.25, -0.2) is 4.79 Å². The van der Waals surface area contributed by atoms with Crippen LogP contribution in [-0.2, 0) is 11.3 Å². The van der Waals surface area contributed by atoms with Crippen molar-refractivity contribution >= 4 is 40.6 Å². The van der Waals surface area contributed by atoms with Crippen LogP contribution in [0.4, 0.5) is 10.5 Å². The Hall–Kier alpha value is -2.05. The summed E-state index contributed by atoms with van der Waals surface area (Å²) in [5.41, 5.74) is 7.06. The molecule has 0 atom stereocenters. The van der Waals surface area contributed by atoms with Crippen LogP contribution in [0.3, 0.4) is 0 Å². The van der Waals surface area contributed by atoms with Gasteiger partial charge in [0.15, 0.2) is 5.84 Å². The van der Waals surface area contributed by atoms with E-state index in [1.807, 2.05) is 11.4 Å². The van der Waals surface area contributed by atoms with Crippen LogP contribution in [0.1, 0.15) is 17.4 Å². The molecule has 2 aromatic rings. The summed E-state index contributed by atoms with van der Waals surface area (Å²) in [6.07, 6.45) is 0.210. The van der Waals surface area contributed by atoms with E-state index in [0.29, 0.717) is 10.7 Å². The van der Waals surface area contributed by atoms with Crippen molar-refractivity contribution in [1.29, 1.82) is 0 Å². The van der Waals surface area contributed by atoms with Gasteiger partial charge in [-0.1, -0.05) is 23.7 Å². The first-order valence-electron chi connectivity index (χ1n) is 6.23. The summed E-state index contributed by atoms with van der Waals surface area (Å²) < 4.78 is 0. The molecule has 21 heavy (non-hydrogen) atoms. The van der Waals surface area contributed by atoms with E-state index in [1.54, 1.807) is 35.6 Å². The molecule has 0 aliphatic carbocycles. The van der Waals surface area contributed by atoms with Crippen LogP contribution in [-0.4, -0.2) is 11.9 Å². The zero-order valence-corrected chi connectivity index (χ0v) is 12.9. The molecule has 0 aliphatic heterocycles. The fraction of sp³-hybridized carbons (Fsp3) is 0.143. The maximum atomic E-state index is 11.6. The van der Waals surface area contributed by atoms with E-state index in [4.69, 9.17) is 22.2 Å². The van der Waals surface area contributed by atoms with E-state index in [0.717, 1.165) is 12.0 Å². The van der Waals surface area contributed by atoms with Crippen molar-refractivity contribution < 1.29 is 9.63 Å². The number of rotatable bonds is 4. The Bertz CT molecular complexity index is 652. The first-order chi connectivity index (χ1) is 10.1. The Kier molecular flexibility index (Phi) is 5.19. The largest absolute Gasteiger partial charge is 0.437 e. The van der Waals surface area contributed by atoms with Gasteiger partial charge in [-0.05, 0) is 36.8 Å². The number of benzene rings is 1. The predicted octanol–water partition coefficient (Wildman–Crippen LogP) is 3.83. The number of carbonyl (C=O) groups is 1. The quantitative estimate of drug-likeness (QED) is 0.388. The van der Waals surface area contributed by atoms with E-state index < -0.39 is 6.09 Å². The van der Waals surface area contributed by atoms with Gasteiger partial charge >= 0.3 is 6.09 Å². The highest BCUT2D eigenvalue weighted by atomic mass is 35.5. The minimum absolute atomic E-state index is 0.164. The molecule has 5 nitrogen and oxygen atoms in total. The zero-order valence-electron chi connectivity index (χ0n) is 11.3. The van der Waals surface area contributed by atoms with Crippen LogP contribution in [0, 0.1) is 0 Å². The van der Waals surface area contributed by atoms with Crippen molar-refractivity contribution in [2.75, 3.05) is 5.32 Å². The standard InChI is InChI=1S/C14H14ClN3O2S/c1-2-12-7-9(8-21-12)13(16)18-20-14(19)17-11-5-3-10(15)4-6-11/h3-8H,2H2,1H3,(H2,16,18)(H,17,19). The number of oxime groups is 1. The van der Waals surface area contributed by atoms with Gasteiger partial charge in [0.25, 0.3) is 0 Å². The highest BCUT2D eigenvalue weighted by Gasteiger charge is 2.06. The van der Waals surface area contributed by atoms with E-state index in [2.05, 4.69) is 17.4 Å². The summed E-state index contributed by atoms with van der Waals surface area (Å²) in [7, 11) is 0. The normalized spacial score (nSPS) is 11.2. The molecule has 110 valence electrons. The van der Waals surface area contributed by atoms with E-state index in [1.165, 1.54) is 4.88 Å². The van der Waals surface area contributed by atoms with Gasteiger partial charge in [0.05, 0.1) is 0 Å². The highest BCUT2D eigenvalue weighted by molar-refractivity contribution is 7.10. The van der Waals surface area contributed by atoms with Crippen molar-refractivity contribution in [2.24, 2.45) is 10.9 Å². The third-order valence-corrected chi connectivity index (χ3v) is 3.95. The van der Waals surface area contributed by atoms with E-state index in [-0.39, 0.29) is 5.84 Å². The Balaban J connectivity index is 1.93. The maximum Gasteiger partial charge on any atom is 0.437 e. The van der Waals surface area contributed by atoms with Gasteiger partial charge in [0.1, 0.15) is 0 Å². The number of carbonyl (C=O) groups excluding carboxylic acids is 1. The molecule has 3 N–H and O–H groups in total. The number of nitrogens with zero attached hydrogens (tertiary/aromatic N) is 1. The number of amidine groups is 1. The van der Waals surface area contributed by atoms with Crippen molar-refractivity contribution in [3.8, 4) is 0 Å². The smallest absolute Gasteiger partial charge is 0.380 e. The van der Waals surface area contributed by atoms with Gasteiger partial charge in [0, 0.05) is 26.5 Å². The van der Waals surface area contributed by atoms with Crippen molar-refractivity contribution in [3.05, 3.63) is 51.2 Å². The number of thiophene rings is 1. The molecular weight excluding hydrogens is 310 g/mol. The van der Waals surface area contributed by atoms with Crippen LogP contribution in [0.2, 0.25) is 5.02 Å². The second-order valence-corrected chi connectivity index (χ2v) is 5.57. The third-order valence-electron chi connectivity index (χ3n) is 2.62. The molecule has 1 aromatic heterocycles. The minimum Gasteiger partial charge on any atom is -0.380 e. The lowest BCUT2D eigenvalue weighted by Gasteiger charge is -2.03. The molecule has 2 rings (SSSR count). The van der Waals surface area contributed by atoms with Crippen molar-refractivity contribution in [3.63, 3.8) is 0 Å². The second-order valence-electron chi connectivity index (χ2n) is 4.14. The number of amides is 1. The Morgan fingerprint density at radius 3 is 2.76 bits per heavy atom. The van der Waals surface area contributed by atoms with Gasteiger partial charge in [-0.2, -0.15) is 0 Å². The molecule has 0 radical (unpaired) electrons. The number of nitrogens with one attached hydrogen (secondary N) is 1. The fourth-order valence-electron chi connectivity index (χ4n) is 1.52. The van der Waals surface area contributed by atoms with Crippen molar-refractivity contribution in [1.82, 2.24) is 0 Å². The Morgan fingerprint density at radius 1 is 1.43 bits per heavy atom. The van der Waals surface area contributed by atoms with Crippen LogP contribution in [0.5, 0.6) is 0 Å². The average Bonchev–Trinajstić information content (AvgIpc) is 2.96. The Morgan fingerprint density at radius 2 is 2.14 bits per heavy atom. The third kappa shape index (κ3) is 4.47. The number of hydrogen-bond donors (Lipinski definition) is 2. The minimum atomic E-state index is -0.716. The topological polar surface area (TPSA) is 76.7 Å². The molecule has 0 spiro atoms. The first kappa shape index (κ1) is 15.3. The fourth-order valence-corrected chi connectivity index (χ4v) is 2.47. The summed E-state index contributed by atoms with van der Waals surface area (Å²) in [6, 6.07) is 8.55. The summed E-state index contributed by atoms with van der Waals surface area (Å²) >= 11 is 7.34. The maximum absolute atomic E-state index is 11.6. The molecule has 1 aromatic carbocycles. The second kappa shape index (κ2) is 7.10. The predicted molar refractivity (Wildman–Crippen MR) is 86.0 cm³/mol. The number of hydrogen-bond acceptors (Lipinski definition) is 4. The van der Waals surface area contributed by atoms with Crippen LogP contribution in [0.25, 0.3) is 0 Å². The summed E-state index contributed by atoms with van der Waals surface area (Å²) in [4.78, 5) is 17.5. The number of anilines is 1. The summed E-state index contributed by atoms with van der Waals surface area (Å²) in [5.74, 6) is 0.164.